The molecule has 0 spiro atoms. The van der Waals surface area contributed by atoms with E-state index in [0.717, 1.165) is 39.3 Å². The lowest BCUT2D eigenvalue weighted by Gasteiger charge is -2.14. The number of fused-ring (bicyclic) bond motifs is 1. The van der Waals surface area contributed by atoms with E-state index in [4.69, 9.17) is 9.84 Å². The summed E-state index contributed by atoms with van der Waals surface area (Å²) in [5.41, 5.74) is 3.24. The fourth-order valence-electron chi connectivity index (χ4n) is 2.67. The Bertz CT molecular complexity index is 889. The van der Waals surface area contributed by atoms with E-state index in [2.05, 4.69) is 22.3 Å². The highest BCUT2D eigenvalue weighted by Crippen LogP contribution is 2.26. The maximum absolute atomic E-state index is 5.43. The van der Waals surface area contributed by atoms with Gasteiger partial charge >= 0.3 is 0 Å². The van der Waals surface area contributed by atoms with Crippen molar-refractivity contribution >= 4 is 17.5 Å². The molecular formula is C18H16N4OS. The fourth-order valence-corrected chi connectivity index (χ4v) is 3.53. The van der Waals surface area contributed by atoms with Crippen LogP contribution >= 0.6 is 11.8 Å². The lowest BCUT2D eigenvalue weighted by Crippen LogP contribution is -2.14. The maximum Gasteiger partial charge on any atom is 0.212 e. The minimum Gasteiger partial charge on any atom is -0.496 e. The van der Waals surface area contributed by atoms with Gasteiger partial charge in [-0.25, -0.2) is 0 Å². The molecule has 1 aliphatic heterocycles. The molecule has 120 valence electrons. The molecule has 4 rings (SSSR count). The highest BCUT2D eigenvalue weighted by Gasteiger charge is 2.20. The number of nitrogens with zero attached hydrogens (tertiary/aromatic N) is 4. The van der Waals surface area contributed by atoms with Gasteiger partial charge in [0.2, 0.25) is 5.16 Å². The van der Waals surface area contributed by atoms with Crippen molar-refractivity contribution in [3.05, 3.63) is 71.5 Å². The Morgan fingerprint density at radius 1 is 1.04 bits per heavy atom. The maximum atomic E-state index is 5.43. The van der Waals surface area contributed by atoms with Crippen molar-refractivity contribution in [2.45, 2.75) is 11.6 Å². The number of benzene rings is 2. The van der Waals surface area contributed by atoms with Gasteiger partial charge in [0.05, 0.1) is 12.8 Å². The van der Waals surface area contributed by atoms with E-state index in [1.807, 2.05) is 47.1 Å². The standard InChI is InChI=1S/C18H16N4OS/c1-23-16-10-6-5-9-14(16)11-17-19-20-18-22(17)21-15(12-24-18)13-7-3-2-4-8-13/h2-10H,11-12H2,1H3. The summed E-state index contributed by atoms with van der Waals surface area (Å²) in [6.07, 6.45) is 0.628. The van der Waals surface area contributed by atoms with Crippen molar-refractivity contribution in [2.75, 3.05) is 12.9 Å². The van der Waals surface area contributed by atoms with Gasteiger partial charge in [0.25, 0.3) is 0 Å². The lowest BCUT2D eigenvalue weighted by atomic mass is 10.1. The van der Waals surface area contributed by atoms with Crippen molar-refractivity contribution in [1.82, 2.24) is 14.9 Å². The SMILES string of the molecule is COc1ccccc1Cc1nnc2n1N=C(c1ccccc1)CS2. The third-order valence-electron chi connectivity index (χ3n) is 3.88. The zero-order valence-corrected chi connectivity index (χ0v) is 14.0. The summed E-state index contributed by atoms with van der Waals surface area (Å²) in [6, 6.07) is 18.2. The number of hydrogen-bond donors (Lipinski definition) is 0. The summed E-state index contributed by atoms with van der Waals surface area (Å²) in [5.74, 6) is 2.47. The molecule has 0 saturated carbocycles. The second-order valence-electron chi connectivity index (χ2n) is 5.40. The average Bonchev–Trinajstić information content (AvgIpc) is 3.05. The Hall–Kier alpha value is -2.60. The molecule has 24 heavy (non-hydrogen) atoms. The number of para-hydroxylation sites is 1. The van der Waals surface area contributed by atoms with Gasteiger partial charge in [0, 0.05) is 17.7 Å². The minimum atomic E-state index is 0.628. The molecular weight excluding hydrogens is 320 g/mol. The Morgan fingerprint density at radius 3 is 2.67 bits per heavy atom. The normalized spacial score (nSPS) is 13.3. The molecule has 0 atom stereocenters. The number of ether oxygens (including phenoxy) is 1. The number of methoxy groups -OCH3 is 1. The molecule has 2 heterocycles. The molecule has 0 aliphatic carbocycles. The summed E-state index contributed by atoms with van der Waals surface area (Å²) in [6.45, 7) is 0. The lowest BCUT2D eigenvalue weighted by molar-refractivity contribution is 0.410. The zero-order valence-electron chi connectivity index (χ0n) is 13.2. The van der Waals surface area contributed by atoms with Gasteiger partial charge in [0.1, 0.15) is 5.75 Å². The van der Waals surface area contributed by atoms with E-state index in [9.17, 15) is 0 Å². The molecule has 1 aliphatic rings. The van der Waals surface area contributed by atoms with Crippen LogP contribution < -0.4 is 4.74 Å². The number of aromatic nitrogens is 3. The highest BCUT2D eigenvalue weighted by atomic mass is 32.2. The van der Waals surface area contributed by atoms with Gasteiger partial charge in [-0.3, -0.25) is 0 Å². The second kappa shape index (κ2) is 6.49. The molecule has 0 amide bonds. The van der Waals surface area contributed by atoms with Gasteiger partial charge < -0.3 is 4.74 Å². The Kier molecular flexibility index (Phi) is 4.04. The Morgan fingerprint density at radius 2 is 1.83 bits per heavy atom. The van der Waals surface area contributed by atoms with Crippen molar-refractivity contribution in [3.8, 4) is 5.75 Å². The van der Waals surface area contributed by atoms with E-state index in [0.29, 0.717) is 6.42 Å². The van der Waals surface area contributed by atoms with Crippen LogP contribution in [0.4, 0.5) is 0 Å². The Labute approximate surface area is 144 Å². The van der Waals surface area contributed by atoms with Crippen LogP contribution in [0.15, 0.2) is 64.9 Å². The van der Waals surface area contributed by atoms with Crippen LogP contribution in [0.3, 0.4) is 0 Å². The summed E-state index contributed by atoms with van der Waals surface area (Å²) >= 11 is 1.66. The van der Waals surface area contributed by atoms with Crippen LogP contribution in [0.1, 0.15) is 17.0 Å². The van der Waals surface area contributed by atoms with Crippen LogP contribution in [0, 0.1) is 0 Å². The minimum absolute atomic E-state index is 0.628. The monoisotopic (exact) mass is 336 g/mol. The van der Waals surface area contributed by atoms with Gasteiger partial charge in [-0.1, -0.05) is 60.3 Å². The van der Waals surface area contributed by atoms with Gasteiger partial charge in [-0.2, -0.15) is 9.78 Å². The van der Waals surface area contributed by atoms with Crippen molar-refractivity contribution in [3.63, 3.8) is 0 Å². The fraction of sp³-hybridized carbons (Fsp3) is 0.167. The molecule has 6 heteroatoms. The first-order chi connectivity index (χ1) is 11.8. The van der Waals surface area contributed by atoms with E-state index in [-0.39, 0.29) is 0 Å². The first-order valence-corrected chi connectivity index (χ1v) is 8.66. The molecule has 0 saturated heterocycles. The number of thioether (sulfide) groups is 1. The number of rotatable bonds is 4. The third-order valence-corrected chi connectivity index (χ3v) is 4.81. The molecule has 0 fully saturated rings. The van der Waals surface area contributed by atoms with E-state index in [1.54, 1.807) is 18.9 Å². The molecule has 0 N–H and O–H groups in total. The van der Waals surface area contributed by atoms with Crippen LogP contribution in [0.25, 0.3) is 0 Å². The highest BCUT2D eigenvalue weighted by molar-refractivity contribution is 7.99. The van der Waals surface area contributed by atoms with Crippen LogP contribution in [-0.2, 0) is 6.42 Å². The Balaban J connectivity index is 1.69. The average molecular weight is 336 g/mol. The molecule has 5 nitrogen and oxygen atoms in total. The number of hydrogen-bond acceptors (Lipinski definition) is 5. The summed E-state index contributed by atoms with van der Waals surface area (Å²) < 4.78 is 7.28. The van der Waals surface area contributed by atoms with Gasteiger partial charge in [-0.15, -0.1) is 10.2 Å². The smallest absolute Gasteiger partial charge is 0.212 e. The molecule has 2 aromatic carbocycles. The first kappa shape index (κ1) is 15.0. The molecule has 1 aromatic heterocycles. The predicted octanol–water partition coefficient (Wildman–Crippen LogP) is 3.24. The molecule has 0 bridgehead atoms. The van der Waals surface area contributed by atoms with Gasteiger partial charge in [0.15, 0.2) is 5.82 Å². The van der Waals surface area contributed by atoms with Crippen molar-refractivity contribution in [2.24, 2.45) is 5.10 Å². The van der Waals surface area contributed by atoms with Crippen LogP contribution in [0.2, 0.25) is 0 Å². The molecule has 0 unspecified atom stereocenters. The van der Waals surface area contributed by atoms with E-state index < -0.39 is 0 Å². The second-order valence-corrected chi connectivity index (χ2v) is 6.34. The van der Waals surface area contributed by atoms with E-state index in [1.165, 1.54) is 0 Å². The van der Waals surface area contributed by atoms with Crippen molar-refractivity contribution < 1.29 is 4.74 Å². The molecule has 3 aromatic rings. The summed E-state index contributed by atoms with van der Waals surface area (Å²) in [5, 5.41) is 14.2. The predicted molar refractivity (Wildman–Crippen MR) is 94.9 cm³/mol. The largest absolute Gasteiger partial charge is 0.496 e. The summed E-state index contributed by atoms with van der Waals surface area (Å²) in [7, 11) is 1.68. The quantitative estimate of drug-likeness (QED) is 0.734. The zero-order chi connectivity index (χ0) is 16.4. The first-order valence-electron chi connectivity index (χ1n) is 7.67. The van der Waals surface area contributed by atoms with Crippen molar-refractivity contribution in [1.29, 1.82) is 0 Å². The molecule has 0 radical (unpaired) electrons. The summed E-state index contributed by atoms with van der Waals surface area (Å²) in [4.78, 5) is 0. The van der Waals surface area contributed by atoms with Crippen LogP contribution in [-0.4, -0.2) is 33.4 Å². The topological polar surface area (TPSA) is 52.3 Å². The van der Waals surface area contributed by atoms with Crippen LogP contribution in [0.5, 0.6) is 5.75 Å². The van der Waals surface area contributed by atoms with E-state index >= 15 is 0 Å². The third kappa shape index (κ3) is 2.80. The van der Waals surface area contributed by atoms with Gasteiger partial charge in [-0.05, 0) is 11.6 Å².